The van der Waals surface area contributed by atoms with Crippen LogP contribution >= 0.6 is 0 Å². The third kappa shape index (κ3) is 2.98. The number of rotatable bonds is 4. The van der Waals surface area contributed by atoms with Gasteiger partial charge >= 0.3 is 5.97 Å². The molecule has 85 valence electrons. The van der Waals surface area contributed by atoms with Crippen LogP contribution in [0.25, 0.3) is 0 Å². The number of carbonyl (C=O) groups is 2. The second kappa shape index (κ2) is 5.16. The van der Waals surface area contributed by atoms with Gasteiger partial charge in [0.25, 0.3) is 5.91 Å². The quantitative estimate of drug-likeness (QED) is 0.825. The van der Waals surface area contributed by atoms with Crippen molar-refractivity contribution in [3.8, 4) is 5.75 Å². The number of benzene rings is 1. The van der Waals surface area contributed by atoms with Crippen LogP contribution in [0.15, 0.2) is 24.3 Å². The first-order valence-electron chi connectivity index (χ1n) is 4.53. The van der Waals surface area contributed by atoms with Crippen LogP contribution < -0.4 is 4.74 Å². The number of hydrogen-bond acceptors (Lipinski definition) is 3. The number of carboxylic acid groups (broad SMARTS) is 1. The van der Waals surface area contributed by atoms with Crippen molar-refractivity contribution in [2.45, 2.75) is 0 Å². The summed E-state index contributed by atoms with van der Waals surface area (Å²) in [5.74, 6) is -1.02. The van der Waals surface area contributed by atoms with Crippen molar-refractivity contribution in [3.63, 3.8) is 0 Å². The lowest BCUT2D eigenvalue weighted by atomic mass is 10.2. The maximum Gasteiger partial charge on any atom is 0.329 e. The molecule has 5 nitrogen and oxygen atoms in total. The summed E-state index contributed by atoms with van der Waals surface area (Å²) in [4.78, 5) is 23.1. The van der Waals surface area contributed by atoms with E-state index in [2.05, 4.69) is 0 Å². The Morgan fingerprint density at radius 1 is 1.44 bits per heavy atom. The zero-order valence-corrected chi connectivity index (χ0v) is 9.01. The van der Waals surface area contributed by atoms with Gasteiger partial charge < -0.3 is 14.7 Å². The van der Waals surface area contributed by atoms with Crippen molar-refractivity contribution in [2.75, 3.05) is 14.2 Å². The van der Waals surface area contributed by atoms with E-state index in [1.807, 2.05) is 0 Å². The molecule has 1 aromatic carbocycles. The number of likely N-dealkylation sites (N-methyl/N-ethyl adjacent to an activating group) is 1. The van der Waals surface area contributed by atoms with Crippen molar-refractivity contribution in [2.24, 2.45) is 0 Å². The van der Waals surface area contributed by atoms with Gasteiger partial charge in [0.2, 0.25) is 0 Å². The number of methoxy groups -OCH3 is 1. The largest absolute Gasteiger partial charge is 0.497 e. The summed E-state index contributed by atoms with van der Waals surface area (Å²) in [7, 11) is 2.88. The van der Waals surface area contributed by atoms with Crippen LogP contribution in [0.3, 0.4) is 0 Å². The molecule has 0 heterocycles. The molecule has 0 atom stereocenters. The molecule has 1 N–H and O–H groups in total. The molecule has 1 rings (SSSR count). The molecule has 0 aromatic heterocycles. The molecule has 0 fully saturated rings. The van der Waals surface area contributed by atoms with Crippen molar-refractivity contribution >= 4 is 11.9 Å². The molecule has 0 aliphatic carbocycles. The second-order valence-corrected chi connectivity index (χ2v) is 3.12. The van der Waals surface area contributed by atoms with Crippen LogP contribution in [0.4, 0.5) is 0 Å². The van der Waals surface area contributed by atoms with E-state index < -0.39 is 11.9 Å². The lowest BCUT2D eigenvalue weighted by molar-refractivity contribution is -0.134. The monoisotopic (exact) mass is 222 g/mol. The molecule has 0 aliphatic rings. The summed E-state index contributed by atoms with van der Waals surface area (Å²) >= 11 is 0. The van der Waals surface area contributed by atoms with Gasteiger partial charge in [0, 0.05) is 12.6 Å². The van der Waals surface area contributed by atoms with Gasteiger partial charge in [-0.2, -0.15) is 0 Å². The topological polar surface area (TPSA) is 66.8 Å². The predicted molar refractivity (Wildman–Crippen MR) is 57.0 cm³/mol. The summed E-state index contributed by atoms with van der Waals surface area (Å²) < 4.78 is 4.97. The average molecular weight is 222 g/mol. The number of carbonyl (C=O) groups excluding carboxylic acids is 1. The minimum atomic E-state index is -1.17. The summed E-state index contributed by atoms with van der Waals surface area (Å²) in [6, 6.07) is 6.52. The molecule has 1 aromatic rings. The molecule has 1 amide bonds. The molecule has 0 unspecified atom stereocenters. The van der Waals surface area contributed by atoms with Gasteiger partial charge in [0.1, 0.15) is 5.75 Å². The highest BCUT2D eigenvalue weighted by Gasteiger charge is 2.15. The third-order valence-electron chi connectivity index (χ3n) is 1.94. The molecule has 0 spiro atoms. The highest BCUT2D eigenvalue weighted by molar-refractivity contribution is 5.97. The van der Waals surface area contributed by atoms with E-state index in [-0.39, 0.29) is 0 Å². The first kappa shape index (κ1) is 12.0. The van der Waals surface area contributed by atoms with Gasteiger partial charge in [-0.15, -0.1) is 0 Å². The summed E-state index contributed by atoms with van der Waals surface area (Å²) in [6.07, 6.45) is 0. The molecule has 1 radical (unpaired) electrons. The van der Waals surface area contributed by atoms with Crippen LogP contribution in [0.1, 0.15) is 10.4 Å². The second-order valence-electron chi connectivity index (χ2n) is 3.12. The zero-order valence-electron chi connectivity index (χ0n) is 9.01. The average Bonchev–Trinajstić information content (AvgIpc) is 2.27. The van der Waals surface area contributed by atoms with Gasteiger partial charge in [-0.1, -0.05) is 6.07 Å². The number of ether oxygens (including phenoxy) is 1. The number of nitrogens with zero attached hydrogens (tertiary/aromatic N) is 1. The fraction of sp³-hybridized carbons (Fsp3) is 0.182. The number of amides is 1. The van der Waals surface area contributed by atoms with Crippen LogP contribution in [-0.2, 0) is 4.79 Å². The molecule has 0 bridgehead atoms. The lowest BCUT2D eigenvalue weighted by Gasteiger charge is -2.14. The Labute approximate surface area is 93.2 Å². The van der Waals surface area contributed by atoms with Crippen LogP contribution in [0, 0.1) is 6.54 Å². The smallest absolute Gasteiger partial charge is 0.329 e. The normalized spacial score (nSPS) is 9.62. The van der Waals surface area contributed by atoms with Crippen molar-refractivity contribution < 1.29 is 19.4 Å². The molecule has 0 saturated carbocycles. The molecular weight excluding hydrogens is 210 g/mol. The van der Waals surface area contributed by atoms with Gasteiger partial charge in [0.05, 0.1) is 7.11 Å². The maximum atomic E-state index is 11.7. The molecule has 5 heteroatoms. The van der Waals surface area contributed by atoms with Gasteiger partial charge in [-0.25, -0.2) is 4.79 Å². The first-order valence-corrected chi connectivity index (χ1v) is 4.53. The van der Waals surface area contributed by atoms with Crippen molar-refractivity contribution in [3.05, 3.63) is 36.4 Å². The Balaban J connectivity index is 2.83. The van der Waals surface area contributed by atoms with Crippen molar-refractivity contribution in [1.82, 2.24) is 4.90 Å². The Kier molecular flexibility index (Phi) is 3.88. The van der Waals surface area contributed by atoms with E-state index in [0.717, 1.165) is 11.4 Å². The zero-order chi connectivity index (χ0) is 12.1. The Morgan fingerprint density at radius 3 is 2.69 bits per heavy atom. The van der Waals surface area contributed by atoms with E-state index in [1.165, 1.54) is 14.2 Å². The fourth-order valence-corrected chi connectivity index (χ4v) is 1.18. The van der Waals surface area contributed by atoms with Gasteiger partial charge in [-0.05, 0) is 18.2 Å². The number of carboxylic acids is 1. The molecule has 16 heavy (non-hydrogen) atoms. The Morgan fingerprint density at radius 2 is 2.12 bits per heavy atom. The fourth-order valence-electron chi connectivity index (χ4n) is 1.18. The Bertz CT molecular complexity index is 403. The van der Waals surface area contributed by atoms with Crippen LogP contribution in [0.2, 0.25) is 0 Å². The van der Waals surface area contributed by atoms with E-state index in [9.17, 15) is 9.59 Å². The van der Waals surface area contributed by atoms with E-state index in [4.69, 9.17) is 9.84 Å². The van der Waals surface area contributed by atoms with Crippen LogP contribution in [-0.4, -0.2) is 36.0 Å². The SMILES string of the molecule is COc1cccc(C(=O)N(C)[CH]C(=O)O)c1. The Hall–Kier alpha value is -2.04. The molecule has 0 aliphatic heterocycles. The van der Waals surface area contributed by atoms with Gasteiger partial charge in [-0.3, -0.25) is 4.79 Å². The standard InChI is InChI=1S/C11H12NO4/c1-12(7-10(13)14)11(15)8-4-3-5-9(6-8)16-2/h3-7H,1-2H3,(H,13,14). The van der Waals surface area contributed by atoms with E-state index in [1.54, 1.807) is 24.3 Å². The van der Waals surface area contributed by atoms with Crippen molar-refractivity contribution in [1.29, 1.82) is 0 Å². The summed E-state index contributed by atoms with van der Waals surface area (Å²) in [6.45, 7) is 0.807. The van der Waals surface area contributed by atoms with E-state index >= 15 is 0 Å². The molecule has 0 saturated heterocycles. The number of aliphatic carboxylic acids is 1. The van der Waals surface area contributed by atoms with Gasteiger partial charge in [0.15, 0.2) is 6.54 Å². The maximum absolute atomic E-state index is 11.7. The van der Waals surface area contributed by atoms with Crippen LogP contribution in [0.5, 0.6) is 5.75 Å². The molecular formula is C11H12NO4. The minimum Gasteiger partial charge on any atom is -0.497 e. The summed E-state index contributed by atoms with van der Waals surface area (Å²) in [5.41, 5.74) is 0.374. The lowest BCUT2D eigenvalue weighted by Crippen LogP contribution is -2.27. The first-order chi connectivity index (χ1) is 7.54. The third-order valence-corrected chi connectivity index (χ3v) is 1.94. The highest BCUT2D eigenvalue weighted by atomic mass is 16.5. The predicted octanol–water partition coefficient (Wildman–Crippen LogP) is 1.01. The van der Waals surface area contributed by atoms with E-state index in [0.29, 0.717) is 11.3 Å². The summed E-state index contributed by atoms with van der Waals surface area (Å²) in [5, 5.41) is 8.51. The highest BCUT2D eigenvalue weighted by Crippen LogP contribution is 2.14. The number of hydrogen-bond donors (Lipinski definition) is 1. The minimum absolute atomic E-state index is 0.374.